The lowest BCUT2D eigenvalue weighted by atomic mass is 9.87. The van der Waals surface area contributed by atoms with Crippen molar-refractivity contribution in [3.8, 4) is 11.3 Å². The van der Waals surface area contributed by atoms with Gasteiger partial charge in [0.15, 0.2) is 11.5 Å². The normalized spacial score (nSPS) is 17.3. The number of carbonyl (C=O) groups is 1. The van der Waals surface area contributed by atoms with Crippen LogP contribution >= 0.6 is 0 Å². The van der Waals surface area contributed by atoms with Crippen LogP contribution in [0.3, 0.4) is 0 Å². The molecule has 27 heavy (non-hydrogen) atoms. The number of hydrogen-bond acceptors (Lipinski definition) is 5. The summed E-state index contributed by atoms with van der Waals surface area (Å²) in [5, 5.41) is 10.0. The molecule has 3 aromatic rings. The largest absolute Gasteiger partial charge is 0.306 e. The molecule has 6 nitrogen and oxygen atoms in total. The number of hydrogen-bond donors (Lipinski definition) is 0. The Kier molecular flexibility index (Phi) is 4.47. The number of aromatic nitrogens is 4. The second kappa shape index (κ2) is 6.81. The van der Waals surface area contributed by atoms with E-state index >= 15 is 4.39 Å². The number of likely N-dealkylation sites (tertiary alicyclic amines) is 1. The van der Waals surface area contributed by atoms with Gasteiger partial charge in [0.25, 0.3) is 0 Å². The molecule has 0 spiro atoms. The Morgan fingerprint density at radius 2 is 1.96 bits per heavy atom. The van der Waals surface area contributed by atoms with Crippen molar-refractivity contribution in [2.24, 2.45) is 7.05 Å². The fraction of sp³-hybridized carbons (Fsp3) is 0.400. The minimum absolute atomic E-state index is 0.0194. The number of nitrogens with zero attached hydrogens (tertiary/aromatic N) is 5. The number of Topliss-reactive ketones (excluding diaryl/α,β-unsaturated/α-hetero) is 1. The summed E-state index contributed by atoms with van der Waals surface area (Å²) < 4.78 is 16.7. The Bertz CT molecular complexity index is 991. The molecule has 4 rings (SSSR count). The standard InChI is InChI=1S/C20H22FN5O/c1-25-7-5-20(21,6-8-25)19(27)11-17-10-16-9-14(3-4-15(16)12-22-17)18-13-26(2)24-23-18/h3-4,9-10,12-13H,5-8,11H2,1-2H3. The average molecular weight is 367 g/mol. The Morgan fingerprint density at radius 1 is 1.19 bits per heavy atom. The zero-order valence-electron chi connectivity index (χ0n) is 15.5. The monoisotopic (exact) mass is 367 g/mol. The number of fused-ring (bicyclic) bond motifs is 1. The van der Waals surface area contributed by atoms with Gasteiger partial charge >= 0.3 is 0 Å². The zero-order valence-corrected chi connectivity index (χ0v) is 15.5. The molecule has 0 radical (unpaired) electrons. The molecule has 1 aromatic carbocycles. The zero-order chi connectivity index (χ0) is 19.0. The van der Waals surface area contributed by atoms with E-state index in [1.807, 2.05) is 49.5 Å². The van der Waals surface area contributed by atoms with E-state index in [1.54, 1.807) is 10.9 Å². The van der Waals surface area contributed by atoms with E-state index in [-0.39, 0.29) is 25.0 Å². The second-order valence-electron chi connectivity index (χ2n) is 7.38. The van der Waals surface area contributed by atoms with E-state index in [1.165, 1.54) is 0 Å². The molecule has 0 N–H and O–H groups in total. The molecule has 0 saturated carbocycles. The van der Waals surface area contributed by atoms with Gasteiger partial charge in [-0.05, 0) is 24.6 Å². The molecular formula is C20H22FN5O. The number of piperidine rings is 1. The number of aryl methyl sites for hydroxylation is 1. The maximum absolute atomic E-state index is 15.0. The summed E-state index contributed by atoms with van der Waals surface area (Å²) >= 11 is 0. The number of halogens is 1. The van der Waals surface area contributed by atoms with Gasteiger partial charge in [-0.25, -0.2) is 4.39 Å². The van der Waals surface area contributed by atoms with Crippen molar-refractivity contribution in [2.45, 2.75) is 24.9 Å². The van der Waals surface area contributed by atoms with Gasteiger partial charge in [0, 0.05) is 55.8 Å². The van der Waals surface area contributed by atoms with E-state index in [0.717, 1.165) is 22.0 Å². The van der Waals surface area contributed by atoms with Crippen molar-refractivity contribution >= 4 is 16.6 Å². The van der Waals surface area contributed by atoms with Crippen LogP contribution in [0.15, 0.2) is 36.7 Å². The molecule has 1 fully saturated rings. The molecule has 3 heterocycles. The number of benzene rings is 1. The third-order valence-corrected chi connectivity index (χ3v) is 5.30. The highest BCUT2D eigenvalue weighted by atomic mass is 19.1. The molecule has 1 saturated heterocycles. The highest BCUT2D eigenvalue weighted by Crippen LogP contribution is 2.29. The molecule has 0 atom stereocenters. The van der Waals surface area contributed by atoms with Crippen molar-refractivity contribution in [1.82, 2.24) is 24.9 Å². The first-order chi connectivity index (χ1) is 12.9. The smallest absolute Gasteiger partial charge is 0.175 e. The van der Waals surface area contributed by atoms with E-state index in [0.29, 0.717) is 18.8 Å². The molecule has 1 aliphatic rings. The van der Waals surface area contributed by atoms with Gasteiger partial charge in [-0.3, -0.25) is 14.5 Å². The summed E-state index contributed by atoms with van der Waals surface area (Å²) in [6.45, 7) is 1.21. The van der Waals surface area contributed by atoms with Gasteiger partial charge in [-0.2, -0.15) is 0 Å². The molecule has 1 aliphatic heterocycles. The molecule has 7 heteroatoms. The maximum atomic E-state index is 15.0. The predicted octanol–water partition coefficient (Wildman–Crippen LogP) is 2.58. The minimum Gasteiger partial charge on any atom is -0.306 e. The number of pyridine rings is 1. The van der Waals surface area contributed by atoms with E-state index < -0.39 is 5.67 Å². The Labute approximate surface area is 157 Å². The van der Waals surface area contributed by atoms with E-state index in [4.69, 9.17) is 0 Å². The third kappa shape index (κ3) is 3.60. The van der Waals surface area contributed by atoms with Crippen LogP contribution < -0.4 is 0 Å². The fourth-order valence-corrected chi connectivity index (χ4v) is 3.50. The van der Waals surface area contributed by atoms with Gasteiger partial charge in [-0.1, -0.05) is 17.3 Å². The fourth-order valence-electron chi connectivity index (χ4n) is 3.50. The molecule has 0 amide bonds. The minimum atomic E-state index is -1.73. The maximum Gasteiger partial charge on any atom is 0.175 e. The lowest BCUT2D eigenvalue weighted by Gasteiger charge is -2.33. The Balaban J connectivity index is 1.58. The van der Waals surface area contributed by atoms with Crippen LogP contribution in [0.4, 0.5) is 4.39 Å². The molecule has 0 unspecified atom stereocenters. The third-order valence-electron chi connectivity index (χ3n) is 5.30. The summed E-state index contributed by atoms with van der Waals surface area (Å²) in [6.07, 6.45) is 4.11. The van der Waals surface area contributed by atoms with Crippen LogP contribution in [0.25, 0.3) is 22.0 Å². The number of carbonyl (C=O) groups excluding carboxylic acids is 1. The quantitative estimate of drug-likeness (QED) is 0.709. The number of alkyl halides is 1. The highest BCUT2D eigenvalue weighted by molar-refractivity contribution is 5.91. The van der Waals surface area contributed by atoms with Gasteiger partial charge in [0.1, 0.15) is 5.69 Å². The van der Waals surface area contributed by atoms with Gasteiger partial charge in [-0.15, -0.1) is 5.10 Å². The van der Waals surface area contributed by atoms with Crippen LogP contribution in [0.1, 0.15) is 18.5 Å². The summed E-state index contributed by atoms with van der Waals surface area (Å²) in [6, 6.07) is 7.79. The van der Waals surface area contributed by atoms with Crippen molar-refractivity contribution < 1.29 is 9.18 Å². The van der Waals surface area contributed by atoms with E-state index in [2.05, 4.69) is 15.3 Å². The number of rotatable bonds is 4. The van der Waals surface area contributed by atoms with Crippen LogP contribution in [-0.2, 0) is 18.3 Å². The molecular weight excluding hydrogens is 345 g/mol. The predicted molar refractivity (Wildman–Crippen MR) is 101 cm³/mol. The van der Waals surface area contributed by atoms with Gasteiger partial charge in [0.2, 0.25) is 0 Å². The van der Waals surface area contributed by atoms with Crippen LogP contribution in [-0.4, -0.2) is 56.5 Å². The van der Waals surface area contributed by atoms with Crippen LogP contribution in [0.5, 0.6) is 0 Å². The van der Waals surface area contributed by atoms with Gasteiger partial charge in [0.05, 0.1) is 12.6 Å². The van der Waals surface area contributed by atoms with Gasteiger partial charge < -0.3 is 4.90 Å². The lowest BCUT2D eigenvalue weighted by molar-refractivity contribution is -0.132. The van der Waals surface area contributed by atoms with Crippen molar-refractivity contribution in [3.05, 3.63) is 42.4 Å². The van der Waals surface area contributed by atoms with Crippen molar-refractivity contribution in [3.63, 3.8) is 0 Å². The topological polar surface area (TPSA) is 63.9 Å². The highest BCUT2D eigenvalue weighted by Gasteiger charge is 2.40. The SMILES string of the molecule is CN1CCC(F)(C(=O)Cc2cc3cc(-c4cn(C)nn4)ccc3cn2)CC1. The Morgan fingerprint density at radius 3 is 2.67 bits per heavy atom. The first kappa shape index (κ1) is 17.7. The molecule has 0 bridgehead atoms. The summed E-state index contributed by atoms with van der Waals surface area (Å²) in [4.78, 5) is 19.0. The van der Waals surface area contributed by atoms with E-state index in [9.17, 15) is 4.79 Å². The summed E-state index contributed by atoms with van der Waals surface area (Å²) in [7, 11) is 3.77. The van der Waals surface area contributed by atoms with Crippen molar-refractivity contribution in [2.75, 3.05) is 20.1 Å². The first-order valence-electron chi connectivity index (χ1n) is 9.09. The Hall–Kier alpha value is -2.67. The van der Waals surface area contributed by atoms with Crippen LogP contribution in [0, 0.1) is 0 Å². The lowest BCUT2D eigenvalue weighted by Crippen LogP contribution is -2.45. The number of ketones is 1. The molecule has 2 aromatic heterocycles. The first-order valence-corrected chi connectivity index (χ1v) is 9.09. The molecule has 140 valence electrons. The summed E-state index contributed by atoms with van der Waals surface area (Å²) in [5.41, 5.74) is 0.587. The molecule has 0 aliphatic carbocycles. The second-order valence-corrected chi connectivity index (χ2v) is 7.38. The summed E-state index contributed by atoms with van der Waals surface area (Å²) in [5.74, 6) is -0.368. The average Bonchev–Trinajstić information content (AvgIpc) is 3.10. The van der Waals surface area contributed by atoms with Crippen molar-refractivity contribution in [1.29, 1.82) is 0 Å². The van der Waals surface area contributed by atoms with Crippen LogP contribution in [0.2, 0.25) is 0 Å².